The predicted octanol–water partition coefficient (Wildman–Crippen LogP) is -0.544. The first-order valence-electron chi connectivity index (χ1n) is 6.60. The number of rotatable bonds is 4. The average Bonchev–Trinajstić information content (AvgIpc) is 2.99. The maximum absolute atomic E-state index is 12.3. The Labute approximate surface area is 117 Å². The summed E-state index contributed by atoms with van der Waals surface area (Å²) in [5, 5.41) is 13.0. The van der Waals surface area contributed by atoms with Crippen LogP contribution in [0.2, 0.25) is 0 Å². The molecular weight excluding hydrogens is 262 g/mol. The molecule has 110 valence electrons. The fourth-order valence-corrected chi connectivity index (χ4v) is 2.28. The number of carboxylic acid groups (broad SMARTS) is 1. The number of carbonyl (C=O) groups is 2. The third-order valence-electron chi connectivity index (χ3n) is 3.72. The van der Waals surface area contributed by atoms with Gasteiger partial charge >= 0.3 is 5.97 Å². The monoisotopic (exact) mass is 281 g/mol. The van der Waals surface area contributed by atoms with Gasteiger partial charge in [0.25, 0.3) is 0 Å². The fourth-order valence-electron chi connectivity index (χ4n) is 2.28. The molecule has 1 aromatic rings. The van der Waals surface area contributed by atoms with Gasteiger partial charge < -0.3 is 10.0 Å². The van der Waals surface area contributed by atoms with Crippen LogP contribution in [0.25, 0.3) is 0 Å². The zero-order valence-corrected chi connectivity index (χ0v) is 11.6. The molecule has 0 aromatic carbocycles. The third kappa shape index (κ3) is 2.96. The van der Waals surface area contributed by atoms with Crippen molar-refractivity contribution < 1.29 is 14.7 Å². The topological polar surface area (TPSA) is 91.6 Å². The molecular formula is C12H19N5O3. The minimum Gasteiger partial charge on any atom is -0.480 e. The van der Waals surface area contributed by atoms with Crippen molar-refractivity contribution in [2.45, 2.75) is 25.9 Å². The van der Waals surface area contributed by atoms with Gasteiger partial charge in [-0.15, -0.1) is 0 Å². The minimum atomic E-state index is -0.833. The van der Waals surface area contributed by atoms with Crippen molar-refractivity contribution in [3.8, 4) is 0 Å². The van der Waals surface area contributed by atoms with Crippen LogP contribution in [0.1, 0.15) is 19.9 Å². The molecule has 0 bridgehead atoms. The van der Waals surface area contributed by atoms with Crippen LogP contribution in [0.5, 0.6) is 0 Å². The fraction of sp³-hybridized carbons (Fsp3) is 0.667. The number of hydrogen-bond acceptors (Lipinski definition) is 5. The van der Waals surface area contributed by atoms with Gasteiger partial charge in [0, 0.05) is 26.2 Å². The Morgan fingerprint density at radius 3 is 2.30 bits per heavy atom. The SMILES string of the molecule is CC(C(=O)O)N1CCN(C(=O)C(C)n2cncn2)CC1. The summed E-state index contributed by atoms with van der Waals surface area (Å²) in [6.45, 7) is 5.67. The molecule has 1 aliphatic heterocycles. The van der Waals surface area contributed by atoms with Gasteiger partial charge in [0.1, 0.15) is 24.7 Å². The van der Waals surface area contributed by atoms with E-state index in [0.717, 1.165) is 0 Å². The van der Waals surface area contributed by atoms with Gasteiger partial charge in [-0.05, 0) is 13.8 Å². The van der Waals surface area contributed by atoms with Gasteiger partial charge in [0.05, 0.1) is 0 Å². The Hall–Kier alpha value is -1.96. The number of aromatic nitrogens is 3. The van der Waals surface area contributed by atoms with Gasteiger partial charge in [0.15, 0.2) is 0 Å². The van der Waals surface area contributed by atoms with Crippen molar-refractivity contribution in [2.75, 3.05) is 26.2 Å². The zero-order chi connectivity index (χ0) is 14.7. The second kappa shape index (κ2) is 6.00. The lowest BCUT2D eigenvalue weighted by Crippen LogP contribution is -2.54. The van der Waals surface area contributed by atoms with Gasteiger partial charge in [0.2, 0.25) is 5.91 Å². The average molecular weight is 281 g/mol. The van der Waals surface area contributed by atoms with Crippen LogP contribution in [0.4, 0.5) is 0 Å². The highest BCUT2D eigenvalue weighted by atomic mass is 16.4. The summed E-state index contributed by atoms with van der Waals surface area (Å²) in [6, 6.07) is -0.902. The molecule has 2 rings (SSSR count). The highest BCUT2D eigenvalue weighted by Crippen LogP contribution is 2.12. The number of nitrogens with zero attached hydrogens (tertiary/aromatic N) is 5. The van der Waals surface area contributed by atoms with Crippen LogP contribution in [0, 0.1) is 0 Å². The first-order valence-corrected chi connectivity index (χ1v) is 6.60. The van der Waals surface area contributed by atoms with Crippen LogP contribution < -0.4 is 0 Å². The van der Waals surface area contributed by atoms with Crippen LogP contribution in [-0.2, 0) is 9.59 Å². The smallest absolute Gasteiger partial charge is 0.320 e. The van der Waals surface area contributed by atoms with Crippen molar-refractivity contribution in [3.63, 3.8) is 0 Å². The van der Waals surface area contributed by atoms with Gasteiger partial charge in [-0.25, -0.2) is 9.67 Å². The number of carbonyl (C=O) groups excluding carboxylic acids is 1. The van der Waals surface area contributed by atoms with E-state index in [4.69, 9.17) is 5.11 Å². The van der Waals surface area contributed by atoms with E-state index in [1.54, 1.807) is 18.7 Å². The second-order valence-corrected chi connectivity index (χ2v) is 4.93. The Kier molecular flexibility index (Phi) is 4.33. The number of hydrogen-bond donors (Lipinski definition) is 1. The highest BCUT2D eigenvalue weighted by Gasteiger charge is 2.29. The largest absolute Gasteiger partial charge is 0.480 e. The Morgan fingerprint density at radius 1 is 1.15 bits per heavy atom. The Morgan fingerprint density at radius 2 is 1.80 bits per heavy atom. The van der Waals surface area contributed by atoms with E-state index in [0.29, 0.717) is 26.2 Å². The van der Waals surface area contributed by atoms with E-state index >= 15 is 0 Å². The minimum absolute atomic E-state index is 0.0156. The molecule has 2 atom stereocenters. The molecule has 1 saturated heterocycles. The maximum Gasteiger partial charge on any atom is 0.320 e. The molecule has 20 heavy (non-hydrogen) atoms. The van der Waals surface area contributed by atoms with Crippen molar-refractivity contribution in [1.29, 1.82) is 0 Å². The van der Waals surface area contributed by atoms with Crippen LogP contribution in [0.3, 0.4) is 0 Å². The summed E-state index contributed by atoms with van der Waals surface area (Å²) >= 11 is 0. The van der Waals surface area contributed by atoms with E-state index < -0.39 is 12.0 Å². The van der Waals surface area contributed by atoms with Gasteiger partial charge in [-0.3, -0.25) is 14.5 Å². The molecule has 8 nitrogen and oxygen atoms in total. The van der Waals surface area contributed by atoms with Gasteiger partial charge in [-0.2, -0.15) is 5.10 Å². The molecule has 0 spiro atoms. The quantitative estimate of drug-likeness (QED) is 0.796. The third-order valence-corrected chi connectivity index (χ3v) is 3.72. The molecule has 2 unspecified atom stereocenters. The molecule has 0 saturated carbocycles. The van der Waals surface area contributed by atoms with E-state index in [-0.39, 0.29) is 11.9 Å². The zero-order valence-electron chi connectivity index (χ0n) is 11.6. The summed E-state index contributed by atoms with van der Waals surface area (Å²) < 4.78 is 1.52. The maximum atomic E-state index is 12.3. The summed E-state index contributed by atoms with van der Waals surface area (Å²) in [5.41, 5.74) is 0. The lowest BCUT2D eigenvalue weighted by molar-refractivity contribution is -0.144. The number of amides is 1. The molecule has 0 aliphatic carbocycles. The normalized spacial score (nSPS) is 19.6. The standard InChI is InChI=1S/C12H19N5O3/c1-9(17-8-13-7-14-17)11(18)16-5-3-15(4-6-16)10(2)12(19)20/h7-10H,3-6H2,1-2H3,(H,19,20). The summed E-state index contributed by atoms with van der Waals surface area (Å²) in [7, 11) is 0. The van der Waals surface area contributed by atoms with E-state index in [1.165, 1.54) is 17.3 Å². The summed E-state index contributed by atoms with van der Waals surface area (Å²) in [4.78, 5) is 30.7. The van der Waals surface area contributed by atoms with E-state index in [2.05, 4.69) is 10.1 Å². The molecule has 2 heterocycles. The molecule has 1 N–H and O–H groups in total. The van der Waals surface area contributed by atoms with E-state index in [1.807, 2.05) is 4.90 Å². The number of aliphatic carboxylic acids is 1. The first kappa shape index (κ1) is 14.4. The molecule has 8 heteroatoms. The van der Waals surface area contributed by atoms with E-state index in [9.17, 15) is 9.59 Å². The number of piperazine rings is 1. The van der Waals surface area contributed by atoms with Crippen LogP contribution >= 0.6 is 0 Å². The van der Waals surface area contributed by atoms with Crippen LogP contribution in [0.15, 0.2) is 12.7 Å². The lowest BCUT2D eigenvalue weighted by Gasteiger charge is -2.37. The lowest BCUT2D eigenvalue weighted by atomic mass is 10.2. The molecule has 1 aromatic heterocycles. The molecule has 1 aliphatic rings. The van der Waals surface area contributed by atoms with Gasteiger partial charge in [-0.1, -0.05) is 0 Å². The Balaban J connectivity index is 1.90. The predicted molar refractivity (Wildman–Crippen MR) is 70.0 cm³/mol. The summed E-state index contributed by atoms with van der Waals surface area (Å²) in [6.07, 6.45) is 2.92. The molecule has 1 amide bonds. The second-order valence-electron chi connectivity index (χ2n) is 4.93. The molecule has 1 fully saturated rings. The first-order chi connectivity index (χ1) is 9.50. The van der Waals surface area contributed by atoms with Crippen molar-refractivity contribution in [2.24, 2.45) is 0 Å². The van der Waals surface area contributed by atoms with Crippen LogP contribution in [-0.4, -0.2) is 73.8 Å². The van der Waals surface area contributed by atoms with Crippen molar-refractivity contribution >= 4 is 11.9 Å². The highest BCUT2D eigenvalue weighted by molar-refractivity contribution is 5.80. The summed E-state index contributed by atoms with van der Waals surface area (Å²) in [5.74, 6) is -0.848. The van der Waals surface area contributed by atoms with Crippen molar-refractivity contribution in [1.82, 2.24) is 24.6 Å². The molecule has 0 radical (unpaired) electrons. The number of carboxylic acids is 1. The Bertz CT molecular complexity index is 467. The van der Waals surface area contributed by atoms with Crippen molar-refractivity contribution in [3.05, 3.63) is 12.7 Å².